The quantitative estimate of drug-likeness (QED) is 0.513. The Labute approximate surface area is 99.5 Å². The zero-order valence-corrected chi connectivity index (χ0v) is 9.19. The van der Waals surface area contributed by atoms with Gasteiger partial charge in [-0.15, -0.1) is 0 Å². The molecule has 1 atom stereocenters. The van der Waals surface area contributed by atoms with Crippen molar-refractivity contribution < 1.29 is 22.9 Å². The van der Waals surface area contributed by atoms with Crippen LogP contribution in [0.3, 0.4) is 0 Å². The molecule has 0 saturated carbocycles. The molecule has 2 N–H and O–H groups in total. The van der Waals surface area contributed by atoms with Crippen molar-refractivity contribution in [1.29, 1.82) is 0 Å². The Hall–Kier alpha value is -1.96. The van der Waals surface area contributed by atoms with Gasteiger partial charge in [-0.1, -0.05) is 0 Å². The molecule has 0 fully saturated rings. The number of ketones is 1. The summed E-state index contributed by atoms with van der Waals surface area (Å²) in [4.78, 5) is 21.2. The van der Waals surface area contributed by atoms with Crippen LogP contribution >= 0.6 is 0 Å². The van der Waals surface area contributed by atoms with E-state index in [0.29, 0.717) is 12.1 Å². The summed E-state index contributed by atoms with van der Waals surface area (Å²) in [6.07, 6.45) is -4.71. The lowest BCUT2D eigenvalue weighted by molar-refractivity contribution is -0.385. The average molecular weight is 262 g/mol. The van der Waals surface area contributed by atoms with E-state index in [0.717, 1.165) is 6.07 Å². The number of carbonyl (C=O) groups is 1. The molecule has 0 saturated heterocycles. The minimum Gasteiger partial charge on any atom is -0.321 e. The molecule has 0 aliphatic heterocycles. The molecule has 0 amide bonds. The zero-order valence-electron chi connectivity index (χ0n) is 9.19. The Morgan fingerprint density at radius 3 is 2.39 bits per heavy atom. The minimum absolute atomic E-state index is 0.329. The van der Waals surface area contributed by atoms with Gasteiger partial charge in [-0.3, -0.25) is 14.9 Å². The minimum atomic E-state index is -4.71. The van der Waals surface area contributed by atoms with Gasteiger partial charge in [0.05, 0.1) is 22.1 Å². The molecular weight excluding hydrogens is 253 g/mol. The Morgan fingerprint density at radius 1 is 1.44 bits per heavy atom. The van der Waals surface area contributed by atoms with E-state index in [-0.39, 0.29) is 0 Å². The largest absolute Gasteiger partial charge is 0.416 e. The van der Waals surface area contributed by atoms with Crippen LogP contribution in [0.4, 0.5) is 18.9 Å². The highest BCUT2D eigenvalue weighted by atomic mass is 19.4. The molecule has 1 rings (SSSR count). The first-order valence-corrected chi connectivity index (χ1v) is 4.80. The Balaban J connectivity index is 3.39. The van der Waals surface area contributed by atoms with Crippen LogP contribution in [0.1, 0.15) is 22.8 Å². The van der Waals surface area contributed by atoms with Crippen LogP contribution in [0.15, 0.2) is 18.2 Å². The molecule has 8 heteroatoms. The molecule has 0 aromatic heterocycles. The third-order valence-corrected chi connectivity index (χ3v) is 2.20. The summed E-state index contributed by atoms with van der Waals surface area (Å²) >= 11 is 0. The lowest BCUT2D eigenvalue weighted by Gasteiger charge is -2.09. The van der Waals surface area contributed by atoms with Gasteiger partial charge in [0.2, 0.25) is 0 Å². The molecule has 1 aromatic carbocycles. The lowest BCUT2D eigenvalue weighted by atomic mass is 10.0. The number of Topliss-reactive ketones (excluding diaryl/α,β-unsaturated/α-hetero) is 1. The maximum Gasteiger partial charge on any atom is 0.416 e. The van der Waals surface area contributed by atoms with Crippen LogP contribution in [0.5, 0.6) is 0 Å². The monoisotopic (exact) mass is 262 g/mol. The second kappa shape index (κ2) is 4.73. The van der Waals surface area contributed by atoms with Crippen LogP contribution < -0.4 is 5.73 Å². The predicted octanol–water partition coefficient (Wildman–Crippen LogP) is 2.14. The van der Waals surface area contributed by atoms with Gasteiger partial charge in [-0.2, -0.15) is 13.2 Å². The fourth-order valence-corrected chi connectivity index (χ4v) is 1.31. The first kappa shape index (κ1) is 14.1. The molecule has 1 aromatic rings. The van der Waals surface area contributed by atoms with Gasteiger partial charge in [0.15, 0.2) is 5.78 Å². The standard InChI is InChI=1S/C10H9F3N2O3/c1-5(14)9(16)7-3-2-6(10(11,12)13)4-8(7)15(17)18/h2-5H,14H2,1H3. The fourth-order valence-electron chi connectivity index (χ4n) is 1.31. The maximum absolute atomic E-state index is 12.4. The second-order valence-electron chi connectivity index (χ2n) is 3.64. The molecular formula is C10H9F3N2O3. The van der Waals surface area contributed by atoms with E-state index in [9.17, 15) is 28.1 Å². The first-order chi connectivity index (χ1) is 8.14. The van der Waals surface area contributed by atoms with Gasteiger partial charge in [-0.25, -0.2) is 0 Å². The number of halogens is 3. The number of nitro groups is 1. The van der Waals surface area contributed by atoms with E-state index in [2.05, 4.69) is 0 Å². The highest BCUT2D eigenvalue weighted by molar-refractivity contribution is 6.03. The fraction of sp³-hybridized carbons (Fsp3) is 0.300. The maximum atomic E-state index is 12.4. The lowest BCUT2D eigenvalue weighted by Crippen LogP contribution is -2.27. The Bertz CT molecular complexity index is 498. The van der Waals surface area contributed by atoms with E-state index in [1.54, 1.807) is 0 Å². The molecule has 0 aliphatic rings. The van der Waals surface area contributed by atoms with Crippen LogP contribution in [0.25, 0.3) is 0 Å². The average Bonchev–Trinajstić information content (AvgIpc) is 2.25. The number of hydrogen-bond donors (Lipinski definition) is 1. The van der Waals surface area contributed by atoms with E-state index in [4.69, 9.17) is 5.73 Å². The number of rotatable bonds is 3. The zero-order chi connectivity index (χ0) is 14.1. The van der Waals surface area contributed by atoms with Crippen LogP contribution in [0, 0.1) is 10.1 Å². The van der Waals surface area contributed by atoms with Crippen molar-refractivity contribution in [1.82, 2.24) is 0 Å². The van der Waals surface area contributed by atoms with Crippen LogP contribution in [-0.2, 0) is 6.18 Å². The van der Waals surface area contributed by atoms with E-state index in [1.807, 2.05) is 0 Å². The predicted molar refractivity (Wildman–Crippen MR) is 56.1 cm³/mol. The van der Waals surface area contributed by atoms with Crippen molar-refractivity contribution in [2.24, 2.45) is 5.73 Å². The number of benzene rings is 1. The van der Waals surface area contributed by atoms with Crippen molar-refractivity contribution in [2.75, 3.05) is 0 Å². The van der Waals surface area contributed by atoms with Crippen molar-refractivity contribution in [3.8, 4) is 0 Å². The molecule has 1 unspecified atom stereocenters. The summed E-state index contributed by atoms with van der Waals surface area (Å²) in [6.45, 7) is 1.30. The molecule has 18 heavy (non-hydrogen) atoms. The molecule has 98 valence electrons. The number of nitrogens with two attached hydrogens (primary N) is 1. The third-order valence-electron chi connectivity index (χ3n) is 2.20. The van der Waals surface area contributed by atoms with E-state index >= 15 is 0 Å². The molecule has 0 aliphatic carbocycles. The van der Waals surface area contributed by atoms with Crippen molar-refractivity contribution in [3.63, 3.8) is 0 Å². The number of hydrogen-bond acceptors (Lipinski definition) is 4. The number of alkyl halides is 3. The van der Waals surface area contributed by atoms with Gasteiger partial charge in [0.1, 0.15) is 0 Å². The van der Waals surface area contributed by atoms with Gasteiger partial charge in [0, 0.05) is 6.07 Å². The second-order valence-corrected chi connectivity index (χ2v) is 3.64. The van der Waals surface area contributed by atoms with Gasteiger partial charge in [-0.05, 0) is 19.1 Å². The summed E-state index contributed by atoms with van der Waals surface area (Å²) in [5.41, 5.74) is 2.76. The molecule has 0 radical (unpaired) electrons. The first-order valence-electron chi connectivity index (χ1n) is 4.80. The van der Waals surface area contributed by atoms with E-state index in [1.165, 1.54) is 6.92 Å². The number of nitro benzene ring substituents is 1. The molecule has 0 bridgehead atoms. The molecule has 0 spiro atoms. The van der Waals surface area contributed by atoms with Crippen molar-refractivity contribution >= 4 is 11.5 Å². The smallest absolute Gasteiger partial charge is 0.321 e. The van der Waals surface area contributed by atoms with Gasteiger partial charge < -0.3 is 5.73 Å². The summed E-state index contributed by atoms with van der Waals surface area (Å²) in [5.74, 6) is -0.782. The van der Waals surface area contributed by atoms with Crippen LogP contribution in [0.2, 0.25) is 0 Å². The normalized spacial score (nSPS) is 13.2. The van der Waals surface area contributed by atoms with Crippen LogP contribution in [-0.4, -0.2) is 16.7 Å². The topological polar surface area (TPSA) is 86.2 Å². The van der Waals surface area contributed by atoms with Crippen molar-refractivity contribution in [2.45, 2.75) is 19.1 Å². The summed E-state index contributed by atoms with van der Waals surface area (Å²) in [7, 11) is 0. The summed E-state index contributed by atoms with van der Waals surface area (Å²) < 4.78 is 37.2. The van der Waals surface area contributed by atoms with Crippen molar-refractivity contribution in [3.05, 3.63) is 39.4 Å². The SMILES string of the molecule is CC(N)C(=O)c1ccc(C(F)(F)F)cc1[N+](=O)[O-]. The van der Waals surface area contributed by atoms with E-state index < -0.39 is 39.7 Å². The van der Waals surface area contributed by atoms with Gasteiger partial charge >= 0.3 is 6.18 Å². The van der Waals surface area contributed by atoms with Gasteiger partial charge in [0.25, 0.3) is 5.69 Å². The number of nitrogens with zero attached hydrogens (tertiary/aromatic N) is 1. The Morgan fingerprint density at radius 2 is 2.00 bits per heavy atom. The third kappa shape index (κ3) is 2.83. The molecule has 5 nitrogen and oxygen atoms in total. The molecule has 0 heterocycles. The Kier molecular flexibility index (Phi) is 3.70. The highest BCUT2D eigenvalue weighted by Gasteiger charge is 2.34. The summed E-state index contributed by atoms with van der Waals surface area (Å²) in [6, 6.07) is 0.686. The highest BCUT2D eigenvalue weighted by Crippen LogP contribution is 2.33. The number of carbonyl (C=O) groups excluding carboxylic acids is 1. The summed E-state index contributed by atoms with van der Waals surface area (Å²) in [5, 5.41) is 10.7.